The van der Waals surface area contributed by atoms with E-state index in [1.165, 1.54) is 12.1 Å². The monoisotopic (exact) mass is 528 g/mol. The maximum Gasteiger partial charge on any atom is 0.416 e. The number of hydrogen-bond donors (Lipinski definition) is 0. The topological polar surface area (TPSA) is 67.2 Å². The Morgan fingerprint density at radius 2 is 1.65 bits per heavy atom. The smallest absolute Gasteiger partial charge is 0.352 e. The summed E-state index contributed by atoms with van der Waals surface area (Å²) >= 11 is 6.43. The lowest BCUT2D eigenvalue weighted by atomic mass is 10.1. The molecule has 0 unspecified atom stereocenters. The van der Waals surface area contributed by atoms with Crippen LogP contribution in [0.1, 0.15) is 41.5 Å². The van der Waals surface area contributed by atoms with Crippen molar-refractivity contribution < 1.29 is 18.0 Å². The molecule has 5 rings (SSSR count). The number of amides is 1. The minimum atomic E-state index is -4.44. The Hall–Kier alpha value is -3.66. The molecule has 7 nitrogen and oxygen atoms in total. The van der Waals surface area contributed by atoms with Crippen LogP contribution in [-0.2, 0) is 6.18 Å². The van der Waals surface area contributed by atoms with Crippen molar-refractivity contribution in [2.24, 2.45) is 0 Å². The Balaban J connectivity index is 1.40. The van der Waals surface area contributed by atoms with E-state index >= 15 is 0 Å². The van der Waals surface area contributed by atoms with Gasteiger partial charge in [0.15, 0.2) is 5.65 Å². The summed E-state index contributed by atoms with van der Waals surface area (Å²) in [5, 5.41) is 5.87. The molecule has 0 atom stereocenters. The highest BCUT2D eigenvalue weighted by atomic mass is 35.5. The van der Waals surface area contributed by atoms with E-state index in [2.05, 4.69) is 10.00 Å². The van der Waals surface area contributed by atoms with Crippen molar-refractivity contribution in [3.63, 3.8) is 0 Å². The van der Waals surface area contributed by atoms with E-state index in [1.54, 1.807) is 21.8 Å². The number of piperazine rings is 1. The molecule has 4 aromatic rings. The van der Waals surface area contributed by atoms with E-state index in [0.29, 0.717) is 48.4 Å². The van der Waals surface area contributed by atoms with Crippen molar-refractivity contribution in [2.45, 2.75) is 25.9 Å². The zero-order valence-corrected chi connectivity index (χ0v) is 21.0. The van der Waals surface area contributed by atoms with Gasteiger partial charge in [-0.1, -0.05) is 37.6 Å². The van der Waals surface area contributed by atoms with Crippen LogP contribution in [0.15, 0.2) is 54.7 Å². The molecule has 0 saturated carbocycles. The molecule has 0 N–H and O–H groups in total. The zero-order chi connectivity index (χ0) is 26.3. The molecule has 0 spiro atoms. The third-order valence-corrected chi connectivity index (χ3v) is 6.67. The molecule has 3 heterocycles. The summed E-state index contributed by atoms with van der Waals surface area (Å²) in [7, 11) is 0. The third-order valence-electron chi connectivity index (χ3n) is 6.35. The molecule has 192 valence electrons. The second-order valence-corrected chi connectivity index (χ2v) is 9.57. The Morgan fingerprint density at radius 3 is 2.27 bits per heavy atom. The van der Waals surface area contributed by atoms with Crippen molar-refractivity contribution in [3.05, 3.63) is 76.7 Å². The van der Waals surface area contributed by atoms with Gasteiger partial charge >= 0.3 is 6.18 Å². The molecular formula is C26H24ClF3N6O. The van der Waals surface area contributed by atoms with Crippen LogP contribution in [0.25, 0.3) is 16.7 Å². The van der Waals surface area contributed by atoms with E-state index in [9.17, 15) is 18.0 Å². The number of hydrogen-bond acceptors (Lipinski definition) is 5. The van der Waals surface area contributed by atoms with Crippen molar-refractivity contribution in [2.75, 3.05) is 31.1 Å². The maximum atomic E-state index is 12.9. The Bertz CT molecular complexity index is 1440. The van der Waals surface area contributed by atoms with E-state index in [4.69, 9.17) is 21.6 Å². The van der Waals surface area contributed by atoms with Gasteiger partial charge in [-0.15, -0.1) is 0 Å². The highest BCUT2D eigenvalue weighted by Gasteiger charge is 2.31. The fourth-order valence-corrected chi connectivity index (χ4v) is 4.53. The number of alkyl halides is 3. The van der Waals surface area contributed by atoms with Crippen LogP contribution in [0.4, 0.5) is 19.0 Å². The van der Waals surface area contributed by atoms with Gasteiger partial charge in [0, 0.05) is 37.7 Å². The maximum absolute atomic E-state index is 12.9. The van der Waals surface area contributed by atoms with Crippen LogP contribution in [0.2, 0.25) is 5.02 Å². The minimum Gasteiger partial charge on any atom is -0.352 e. The number of benzene rings is 2. The Morgan fingerprint density at radius 1 is 0.973 bits per heavy atom. The number of nitrogens with zero attached hydrogens (tertiary/aromatic N) is 6. The normalized spacial score (nSPS) is 14.6. The van der Waals surface area contributed by atoms with E-state index in [1.807, 2.05) is 32.0 Å². The quantitative estimate of drug-likeness (QED) is 0.346. The van der Waals surface area contributed by atoms with Gasteiger partial charge in [-0.2, -0.15) is 18.3 Å². The molecule has 2 aromatic heterocycles. The predicted molar refractivity (Wildman–Crippen MR) is 135 cm³/mol. The predicted octanol–water partition coefficient (Wildman–Crippen LogP) is 5.57. The first-order valence-electron chi connectivity index (χ1n) is 11.9. The second kappa shape index (κ2) is 9.66. The molecule has 2 aromatic carbocycles. The summed E-state index contributed by atoms with van der Waals surface area (Å²) in [5.74, 6) is 1.17. The molecule has 0 radical (unpaired) electrons. The fourth-order valence-electron chi connectivity index (χ4n) is 4.31. The van der Waals surface area contributed by atoms with Gasteiger partial charge in [0.05, 0.1) is 27.9 Å². The van der Waals surface area contributed by atoms with Crippen LogP contribution in [-0.4, -0.2) is 56.7 Å². The lowest BCUT2D eigenvalue weighted by Crippen LogP contribution is -2.49. The average Bonchev–Trinajstić information content (AvgIpc) is 3.31. The first-order valence-corrected chi connectivity index (χ1v) is 12.2. The molecule has 1 aliphatic heterocycles. The number of fused-ring (bicyclic) bond motifs is 1. The molecule has 1 aliphatic rings. The zero-order valence-electron chi connectivity index (χ0n) is 20.2. The lowest BCUT2D eigenvalue weighted by Gasteiger charge is -2.35. The fraction of sp³-hybridized carbons (Fsp3) is 0.308. The molecular weight excluding hydrogens is 505 g/mol. The van der Waals surface area contributed by atoms with Crippen LogP contribution in [0, 0.1) is 0 Å². The van der Waals surface area contributed by atoms with Crippen LogP contribution >= 0.6 is 11.6 Å². The number of anilines is 1. The van der Waals surface area contributed by atoms with E-state index in [0.717, 1.165) is 23.3 Å². The summed E-state index contributed by atoms with van der Waals surface area (Å²) in [6.45, 7) is 5.85. The Labute approximate surface area is 216 Å². The number of rotatable bonds is 4. The highest BCUT2D eigenvalue weighted by molar-refractivity contribution is 6.32. The molecule has 37 heavy (non-hydrogen) atoms. The van der Waals surface area contributed by atoms with Crippen molar-refractivity contribution >= 4 is 34.4 Å². The van der Waals surface area contributed by atoms with Gasteiger partial charge in [-0.3, -0.25) is 4.79 Å². The average molecular weight is 529 g/mol. The van der Waals surface area contributed by atoms with Crippen molar-refractivity contribution in [1.29, 1.82) is 0 Å². The Kier molecular flexibility index (Phi) is 6.53. The van der Waals surface area contributed by atoms with Crippen molar-refractivity contribution in [3.8, 4) is 5.69 Å². The van der Waals surface area contributed by atoms with Gasteiger partial charge in [-0.05, 0) is 36.4 Å². The van der Waals surface area contributed by atoms with Gasteiger partial charge < -0.3 is 9.80 Å². The number of aromatic nitrogens is 4. The SMILES string of the molecule is CC(C)c1nc(N2CCN(C(=O)c3ccc(C(F)(F)F)cc3)CC2)c2cnn(-c3ccccc3Cl)c2n1. The number of carbonyl (C=O) groups is 1. The van der Waals surface area contributed by atoms with Crippen molar-refractivity contribution in [1.82, 2.24) is 24.6 Å². The molecule has 1 fully saturated rings. The van der Waals surface area contributed by atoms with Crippen LogP contribution in [0.3, 0.4) is 0 Å². The molecule has 1 amide bonds. The summed E-state index contributed by atoms with van der Waals surface area (Å²) in [6.07, 6.45) is -2.72. The largest absolute Gasteiger partial charge is 0.416 e. The highest BCUT2D eigenvalue weighted by Crippen LogP contribution is 2.31. The number of carbonyl (C=O) groups excluding carboxylic acids is 1. The van der Waals surface area contributed by atoms with Gasteiger partial charge in [-0.25, -0.2) is 14.6 Å². The van der Waals surface area contributed by atoms with Crippen LogP contribution in [0.5, 0.6) is 0 Å². The van der Waals surface area contributed by atoms with E-state index < -0.39 is 11.7 Å². The lowest BCUT2D eigenvalue weighted by molar-refractivity contribution is -0.137. The summed E-state index contributed by atoms with van der Waals surface area (Å²) in [6, 6.07) is 11.7. The van der Waals surface area contributed by atoms with Gasteiger partial charge in [0.25, 0.3) is 5.91 Å². The minimum absolute atomic E-state index is 0.0697. The third kappa shape index (κ3) is 4.85. The summed E-state index contributed by atoms with van der Waals surface area (Å²) in [5.41, 5.74) is 0.810. The summed E-state index contributed by atoms with van der Waals surface area (Å²) < 4.78 is 40.3. The molecule has 11 heteroatoms. The number of para-hydroxylation sites is 1. The molecule has 1 saturated heterocycles. The first-order chi connectivity index (χ1) is 17.6. The second-order valence-electron chi connectivity index (χ2n) is 9.16. The van der Waals surface area contributed by atoms with Crippen LogP contribution < -0.4 is 4.90 Å². The molecule has 0 aliphatic carbocycles. The standard InChI is InChI=1S/C26H24ClF3N6O/c1-16(2)22-32-23(19-15-31-36(24(19)33-22)21-6-4-3-5-20(21)27)34-11-13-35(14-12-34)25(37)17-7-9-18(10-8-17)26(28,29)30/h3-10,15-16H,11-14H2,1-2H3. The summed E-state index contributed by atoms with van der Waals surface area (Å²) in [4.78, 5) is 26.3. The number of halogens is 4. The molecule has 0 bridgehead atoms. The first kappa shape index (κ1) is 25.0. The van der Waals surface area contributed by atoms with E-state index in [-0.39, 0.29) is 17.4 Å². The van der Waals surface area contributed by atoms with Gasteiger partial charge in [0.2, 0.25) is 0 Å². The van der Waals surface area contributed by atoms with Gasteiger partial charge in [0.1, 0.15) is 11.6 Å².